The van der Waals surface area contributed by atoms with Crippen LogP contribution in [-0.4, -0.2) is 56.8 Å². The fourth-order valence-electron chi connectivity index (χ4n) is 8.73. The van der Waals surface area contributed by atoms with Gasteiger partial charge in [-0.2, -0.15) is 0 Å². The standard InChI is InChI=1S/C51H97NO5/c1-7-11-21-30-46(31-22-12-8-2)38-41-55-45(5)29-25-17-15-18-26-34-48(44-57-51(54)49-37-40-52(6)43-49)35-27-19-16-20-28-36-50(53)56-42-39-47(32-23-13-9-3)33-24-14-10-4/h46-49H,5,7-44H2,1-4,6H3. The van der Waals surface area contributed by atoms with Gasteiger partial charge in [0.2, 0.25) is 0 Å². The van der Waals surface area contributed by atoms with E-state index in [0.717, 1.165) is 95.6 Å². The number of rotatable bonds is 42. The maximum absolute atomic E-state index is 12.8. The molecule has 0 aromatic rings. The molecule has 1 rings (SSSR count). The van der Waals surface area contributed by atoms with E-state index in [1.807, 2.05) is 0 Å². The summed E-state index contributed by atoms with van der Waals surface area (Å²) in [5, 5.41) is 0. The van der Waals surface area contributed by atoms with Gasteiger partial charge in [0, 0.05) is 19.4 Å². The van der Waals surface area contributed by atoms with Crippen molar-refractivity contribution in [3.05, 3.63) is 12.3 Å². The molecule has 0 radical (unpaired) electrons. The van der Waals surface area contributed by atoms with Crippen LogP contribution < -0.4 is 0 Å². The molecule has 1 saturated heterocycles. The monoisotopic (exact) mass is 804 g/mol. The highest BCUT2D eigenvalue weighted by Gasteiger charge is 2.28. The highest BCUT2D eigenvalue weighted by Crippen LogP contribution is 2.25. The molecule has 0 aromatic heterocycles. The fourth-order valence-corrected chi connectivity index (χ4v) is 8.73. The smallest absolute Gasteiger partial charge is 0.310 e. The van der Waals surface area contributed by atoms with Crippen molar-refractivity contribution in [2.24, 2.45) is 23.7 Å². The molecule has 1 fully saturated rings. The Bertz CT molecular complexity index is 863. The number of esters is 2. The van der Waals surface area contributed by atoms with Crippen LogP contribution in [0.3, 0.4) is 0 Å². The normalized spacial score (nSPS) is 15.1. The first-order chi connectivity index (χ1) is 27.8. The van der Waals surface area contributed by atoms with Gasteiger partial charge in [-0.25, -0.2) is 0 Å². The van der Waals surface area contributed by atoms with Crippen molar-refractivity contribution >= 4 is 11.9 Å². The molecule has 6 heteroatoms. The van der Waals surface area contributed by atoms with Gasteiger partial charge in [0.05, 0.1) is 31.5 Å². The predicted molar refractivity (Wildman–Crippen MR) is 244 cm³/mol. The summed E-state index contributed by atoms with van der Waals surface area (Å²) in [6.07, 6.45) is 39.5. The molecule has 1 aliphatic rings. The van der Waals surface area contributed by atoms with Crippen LogP contribution >= 0.6 is 0 Å². The van der Waals surface area contributed by atoms with Crippen LogP contribution in [0.5, 0.6) is 0 Å². The topological polar surface area (TPSA) is 65.1 Å². The van der Waals surface area contributed by atoms with Crippen molar-refractivity contribution < 1.29 is 23.8 Å². The van der Waals surface area contributed by atoms with Gasteiger partial charge in [-0.05, 0) is 76.3 Å². The van der Waals surface area contributed by atoms with Crippen LogP contribution in [0.1, 0.15) is 240 Å². The number of ether oxygens (including phenoxy) is 3. The number of nitrogens with zero attached hydrogens (tertiary/aromatic N) is 1. The van der Waals surface area contributed by atoms with Crippen LogP contribution in [0.15, 0.2) is 12.3 Å². The Balaban J connectivity index is 2.29. The first kappa shape index (κ1) is 53.5. The summed E-state index contributed by atoms with van der Waals surface area (Å²) in [4.78, 5) is 27.5. The molecule has 0 aromatic carbocycles. The second kappa shape index (κ2) is 38.6. The molecule has 0 bridgehead atoms. The minimum atomic E-state index is -0.0147. The Morgan fingerprint density at radius 1 is 0.526 bits per heavy atom. The van der Waals surface area contributed by atoms with Gasteiger partial charge < -0.3 is 19.1 Å². The molecule has 1 aliphatic heterocycles. The summed E-state index contributed by atoms with van der Waals surface area (Å²) in [7, 11) is 2.09. The van der Waals surface area contributed by atoms with Crippen LogP contribution in [0.25, 0.3) is 0 Å². The summed E-state index contributed by atoms with van der Waals surface area (Å²) in [6.45, 7) is 17.1. The Labute approximate surface area is 355 Å². The van der Waals surface area contributed by atoms with Crippen molar-refractivity contribution in [2.45, 2.75) is 240 Å². The minimum absolute atomic E-state index is 0.00528. The summed E-state index contributed by atoms with van der Waals surface area (Å²) < 4.78 is 17.7. The van der Waals surface area contributed by atoms with E-state index in [-0.39, 0.29) is 17.9 Å². The zero-order valence-corrected chi connectivity index (χ0v) is 38.9. The van der Waals surface area contributed by atoms with Crippen LogP contribution in [0.2, 0.25) is 0 Å². The van der Waals surface area contributed by atoms with Crippen LogP contribution in [0, 0.1) is 23.7 Å². The number of hydrogen-bond donors (Lipinski definition) is 0. The van der Waals surface area contributed by atoms with E-state index in [9.17, 15) is 9.59 Å². The largest absolute Gasteiger partial charge is 0.499 e. The highest BCUT2D eigenvalue weighted by molar-refractivity contribution is 5.73. The zero-order chi connectivity index (χ0) is 41.6. The molecular weight excluding hydrogens is 707 g/mol. The number of allylic oxidation sites excluding steroid dienone is 1. The van der Waals surface area contributed by atoms with Gasteiger partial charge in [0.15, 0.2) is 0 Å². The lowest BCUT2D eigenvalue weighted by molar-refractivity contribution is -0.149. The average molecular weight is 804 g/mol. The Morgan fingerprint density at radius 3 is 1.42 bits per heavy atom. The van der Waals surface area contributed by atoms with Gasteiger partial charge >= 0.3 is 11.9 Å². The van der Waals surface area contributed by atoms with Gasteiger partial charge in [-0.1, -0.05) is 188 Å². The van der Waals surface area contributed by atoms with Crippen molar-refractivity contribution in [2.75, 3.05) is 40.0 Å². The van der Waals surface area contributed by atoms with Gasteiger partial charge in [0.1, 0.15) is 0 Å². The lowest BCUT2D eigenvalue weighted by Crippen LogP contribution is -2.24. The minimum Gasteiger partial charge on any atom is -0.499 e. The van der Waals surface area contributed by atoms with E-state index < -0.39 is 0 Å². The Morgan fingerprint density at radius 2 is 0.947 bits per heavy atom. The van der Waals surface area contributed by atoms with E-state index >= 15 is 0 Å². The van der Waals surface area contributed by atoms with Crippen molar-refractivity contribution in [3.8, 4) is 0 Å². The van der Waals surface area contributed by atoms with Crippen molar-refractivity contribution in [1.29, 1.82) is 0 Å². The molecule has 2 atom stereocenters. The molecule has 1 heterocycles. The number of hydrogen-bond acceptors (Lipinski definition) is 6. The molecule has 0 aliphatic carbocycles. The van der Waals surface area contributed by atoms with E-state index in [4.69, 9.17) is 14.2 Å². The lowest BCUT2D eigenvalue weighted by Gasteiger charge is -2.19. The summed E-state index contributed by atoms with van der Waals surface area (Å²) in [5.74, 6) is 2.96. The molecular formula is C51H97NO5. The maximum Gasteiger partial charge on any atom is 0.310 e. The van der Waals surface area contributed by atoms with Crippen molar-refractivity contribution in [1.82, 2.24) is 4.90 Å². The van der Waals surface area contributed by atoms with E-state index in [2.05, 4.69) is 46.2 Å². The third kappa shape index (κ3) is 32.0. The third-order valence-electron chi connectivity index (χ3n) is 12.7. The second-order valence-corrected chi connectivity index (χ2v) is 18.3. The second-order valence-electron chi connectivity index (χ2n) is 18.3. The summed E-state index contributed by atoms with van der Waals surface area (Å²) >= 11 is 0. The van der Waals surface area contributed by atoms with Crippen molar-refractivity contribution in [3.63, 3.8) is 0 Å². The third-order valence-corrected chi connectivity index (χ3v) is 12.7. The number of unbranched alkanes of at least 4 members (excludes halogenated alkanes) is 16. The number of carbonyl (C=O) groups is 2. The van der Waals surface area contributed by atoms with Crippen LogP contribution in [0.4, 0.5) is 0 Å². The highest BCUT2D eigenvalue weighted by atomic mass is 16.5. The fraction of sp³-hybridized carbons (Fsp3) is 0.922. The van der Waals surface area contributed by atoms with E-state index in [1.165, 1.54) is 141 Å². The van der Waals surface area contributed by atoms with Gasteiger partial charge in [-0.3, -0.25) is 9.59 Å². The molecule has 0 spiro atoms. The summed E-state index contributed by atoms with van der Waals surface area (Å²) in [6, 6.07) is 0. The van der Waals surface area contributed by atoms with Gasteiger partial charge in [0.25, 0.3) is 0 Å². The molecule has 6 nitrogen and oxygen atoms in total. The first-order valence-electron chi connectivity index (χ1n) is 25.1. The number of carbonyl (C=O) groups excluding carboxylic acids is 2. The Hall–Kier alpha value is -1.56. The Kier molecular flexibility index (Phi) is 36.2. The molecule has 0 saturated carbocycles. The lowest BCUT2D eigenvalue weighted by atomic mass is 9.92. The molecule has 336 valence electrons. The van der Waals surface area contributed by atoms with Crippen LogP contribution in [-0.2, 0) is 23.8 Å². The SMILES string of the molecule is C=C(CCCCCCCC(CCCCCCCC(=O)OCCC(CCCCC)CCCCC)COC(=O)C1CCN(C)C1)OCCC(CCCCC)CCCCC. The van der Waals surface area contributed by atoms with Gasteiger partial charge in [-0.15, -0.1) is 0 Å². The maximum atomic E-state index is 12.8. The first-order valence-corrected chi connectivity index (χ1v) is 25.1. The molecule has 0 amide bonds. The predicted octanol–water partition coefficient (Wildman–Crippen LogP) is 15.0. The molecule has 57 heavy (non-hydrogen) atoms. The van der Waals surface area contributed by atoms with E-state index in [0.29, 0.717) is 31.5 Å². The zero-order valence-electron chi connectivity index (χ0n) is 38.9. The molecule has 2 unspecified atom stereocenters. The van der Waals surface area contributed by atoms with E-state index in [1.54, 1.807) is 0 Å². The molecule has 0 N–H and O–H groups in total. The number of likely N-dealkylation sites (tertiary alicyclic amines) is 1. The summed E-state index contributed by atoms with van der Waals surface area (Å²) in [5.41, 5.74) is 0. The average Bonchev–Trinajstić information content (AvgIpc) is 3.64. The quantitative estimate of drug-likeness (QED) is 0.0348.